The first-order valence-electron chi connectivity index (χ1n) is 11.6. The summed E-state index contributed by atoms with van der Waals surface area (Å²) in [7, 11) is 0. The zero-order valence-corrected chi connectivity index (χ0v) is 20.5. The molecule has 1 atom stereocenters. The summed E-state index contributed by atoms with van der Waals surface area (Å²) in [6.07, 6.45) is 3.95. The summed E-state index contributed by atoms with van der Waals surface area (Å²) in [4.78, 5) is 28.5. The Hall–Kier alpha value is -2.91. The van der Waals surface area contributed by atoms with E-state index in [0.717, 1.165) is 21.8 Å². The molecule has 2 aliphatic heterocycles. The SMILES string of the molecule is O=C1c2c(O)c(=O)ccn2N([C@@H]2c3ccccc3SCc3c(F)cccc32)CN1CCSC1CC1. The number of amides is 1. The zero-order chi connectivity index (χ0) is 24.1. The predicted octanol–water partition coefficient (Wildman–Crippen LogP) is 4.34. The van der Waals surface area contributed by atoms with Gasteiger partial charge in [0.05, 0.1) is 6.04 Å². The molecule has 2 aromatic carbocycles. The van der Waals surface area contributed by atoms with Crippen LogP contribution in [0.1, 0.15) is 46.1 Å². The molecule has 6 rings (SSSR count). The van der Waals surface area contributed by atoms with Gasteiger partial charge < -0.3 is 10.0 Å². The van der Waals surface area contributed by atoms with Crippen molar-refractivity contribution in [1.29, 1.82) is 0 Å². The lowest BCUT2D eigenvalue weighted by Crippen LogP contribution is -2.56. The number of thioether (sulfide) groups is 2. The van der Waals surface area contributed by atoms with Crippen LogP contribution in [0.4, 0.5) is 4.39 Å². The highest BCUT2D eigenvalue weighted by molar-refractivity contribution is 8.00. The number of halogens is 1. The van der Waals surface area contributed by atoms with Gasteiger partial charge in [-0.2, -0.15) is 11.8 Å². The highest BCUT2D eigenvalue weighted by Gasteiger charge is 2.39. The van der Waals surface area contributed by atoms with Crippen LogP contribution in [0.2, 0.25) is 0 Å². The third kappa shape index (κ3) is 4.00. The third-order valence-corrected chi connectivity index (χ3v) is 9.19. The second-order valence-electron chi connectivity index (χ2n) is 8.98. The van der Waals surface area contributed by atoms with E-state index in [1.165, 1.54) is 31.2 Å². The average Bonchev–Trinajstić information content (AvgIpc) is 3.69. The lowest BCUT2D eigenvalue weighted by atomic mass is 9.94. The van der Waals surface area contributed by atoms with Crippen molar-refractivity contribution in [2.45, 2.75) is 34.8 Å². The van der Waals surface area contributed by atoms with Crippen LogP contribution in [0.5, 0.6) is 5.75 Å². The summed E-state index contributed by atoms with van der Waals surface area (Å²) in [5.41, 5.74) is 1.79. The van der Waals surface area contributed by atoms with E-state index in [9.17, 15) is 14.7 Å². The minimum atomic E-state index is -0.595. The van der Waals surface area contributed by atoms with E-state index in [1.54, 1.807) is 27.4 Å². The number of nitrogens with zero attached hydrogens (tertiary/aromatic N) is 3. The van der Waals surface area contributed by atoms with Crippen LogP contribution < -0.4 is 10.4 Å². The highest BCUT2D eigenvalue weighted by atomic mass is 32.2. The molecular formula is C26H24FN3O3S2. The van der Waals surface area contributed by atoms with E-state index < -0.39 is 17.2 Å². The van der Waals surface area contributed by atoms with Crippen molar-refractivity contribution in [3.05, 3.63) is 93.2 Å². The summed E-state index contributed by atoms with van der Waals surface area (Å²) in [5.74, 6) is 0.0828. The number of benzene rings is 2. The number of fused-ring (bicyclic) bond motifs is 3. The van der Waals surface area contributed by atoms with Crippen molar-refractivity contribution in [3.63, 3.8) is 0 Å². The summed E-state index contributed by atoms with van der Waals surface area (Å²) in [6.45, 7) is 0.747. The van der Waals surface area contributed by atoms with Crippen LogP contribution >= 0.6 is 23.5 Å². The van der Waals surface area contributed by atoms with Gasteiger partial charge in [-0.15, -0.1) is 11.8 Å². The first-order chi connectivity index (χ1) is 17.0. The van der Waals surface area contributed by atoms with Crippen molar-refractivity contribution in [2.24, 2.45) is 0 Å². The lowest BCUT2D eigenvalue weighted by molar-refractivity contribution is 0.0691. The van der Waals surface area contributed by atoms with Crippen molar-refractivity contribution < 1.29 is 14.3 Å². The molecule has 1 amide bonds. The van der Waals surface area contributed by atoms with Gasteiger partial charge in [-0.05, 0) is 36.1 Å². The summed E-state index contributed by atoms with van der Waals surface area (Å²) < 4.78 is 16.6. The highest BCUT2D eigenvalue weighted by Crippen LogP contribution is 2.43. The molecular weight excluding hydrogens is 485 g/mol. The third-order valence-electron chi connectivity index (χ3n) is 6.71. The van der Waals surface area contributed by atoms with E-state index in [-0.39, 0.29) is 24.1 Å². The number of aromatic nitrogens is 1. The minimum absolute atomic E-state index is 0.0486. The first-order valence-corrected chi connectivity index (χ1v) is 13.7. The Morgan fingerprint density at radius 3 is 2.69 bits per heavy atom. The molecule has 0 bridgehead atoms. The van der Waals surface area contributed by atoms with E-state index in [1.807, 2.05) is 47.1 Å². The van der Waals surface area contributed by atoms with Crippen LogP contribution in [0.15, 0.2) is 64.4 Å². The second-order valence-corrected chi connectivity index (χ2v) is 11.4. The fourth-order valence-corrected chi connectivity index (χ4v) is 7.04. The maximum atomic E-state index is 15.0. The molecule has 1 saturated carbocycles. The first kappa shape index (κ1) is 22.5. The summed E-state index contributed by atoms with van der Waals surface area (Å²) >= 11 is 3.44. The summed E-state index contributed by atoms with van der Waals surface area (Å²) in [6, 6.07) is 13.9. The quantitative estimate of drug-likeness (QED) is 0.552. The standard InChI is InChI=1S/C26H24FN3O3S2/c27-20-6-3-5-17-19(20)14-35-22-7-2-1-4-18(22)23(17)30-15-28(12-13-34-16-8-9-16)26(33)24-25(32)21(31)10-11-29(24)30/h1-7,10-11,16,23,32H,8-9,12-15H2/t23-/m0/s1. The van der Waals surface area contributed by atoms with Gasteiger partial charge >= 0.3 is 0 Å². The zero-order valence-electron chi connectivity index (χ0n) is 18.9. The Bertz CT molecular complexity index is 1370. The molecule has 0 saturated heterocycles. The molecule has 3 heterocycles. The number of carbonyl (C=O) groups is 1. The topological polar surface area (TPSA) is 65.8 Å². The number of hydrogen-bond donors (Lipinski definition) is 1. The van der Waals surface area contributed by atoms with E-state index in [4.69, 9.17) is 0 Å². The monoisotopic (exact) mass is 509 g/mol. The molecule has 3 aromatic rings. The molecule has 180 valence electrons. The van der Waals surface area contributed by atoms with Gasteiger partial charge in [0.2, 0.25) is 5.43 Å². The number of aromatic hydroxyl groups is 1. The van der Waals surface area contributed by atoms with Gasteiger partial charge in [-0.1, -0.05) is 30.3 Å². The smallest absolute Gasteiger partial charge is 0.277 e. The van der Waals surface area contributed by atoms with Crippen molar-refractivity contribution in [1.82, 2.24) is 9.58 Å². The molecule has 1 aliphatic carbocycles. The Morgan fingerprint density at radius 1 is 1.06 bits per heavy atom. The fourth-order valence-electron chi connectivity index (χ4n) is 4.79. The van der Waals surface area contributed by atoms with Gasteiger partial charge in [0.1, 0.15) is 12.5 Å². The van der Waals surface area contributed by atoms with Crippen molar-refractivity contribution in [2.75, 3.05) is 24.0 Å². The van der Waals surface area contributed by atoms with E-state index in [0.29, 0.717) is 23.1 Å². The Kier molecular flexibility index (Phi) is 5.76. The van der Waals surface area contributed by atoms with Gasteiger partial charge in [0.25, 0.3) is 5.91 Å². The number of pyridine rings is 1. The molecule has 0 unspecified atom stereocenters. The molecule has 9 heteroatoms. The molecule has 3 aliphatic rings. The Balaban J connectivity index is 1.51. The normalized spacial score (nSPS) is 19.1. The minimum Gasteiger partial charge on any atom is -0.502 e. The van der Waals surface area contributed by atoms with Gasteiger partial charge in [0.15, 0.2) is 11.4 Å². The Morgan fingerprint density at radius 2 is 1.86 bits per heavy atom. The van der Waals surface area contributed by atoms with Crippen LogP contribution in [0.25, 0.3) is 0 Å². The van der Waals surface area contributed by atoms with Crippen molar-refractivity contribution in [3.8, 4) is 5.75 Å². The second kappa shape index (κ2) is 8.95. The van der Waals surface area contributed by atoms with Crippen LogP contribution in [0, 0.1) is 5.82 Å². The van der Waals surface area contributed by atoms with Crippen LogP contribution in [0.3, 0.4) is 0 Å². The van der Waals surface area contributed by atoms with Crippen LogP contribution in [-0.4, -0.2) is 44.8 Å². The van der Waals surface area contributed by atoms with E-state index in [2.05, 4.69) is 0 Å². The number of rotatable bonds is 5. The summed E-state index contributed by atoms with van der Waals surface area (Å²) in [5, 5.41) is 13.3. The average molecular weight is 510 g/mol. The molecule has 1 fully saturated rings. The molecule has 35 heavy (non-hydrogen) atoms. The number of carbonyl (C=O) groups excluding carboxylic acids is 1. The van der Waals surface area contributed by atoms with Crippen LogP contribution in [-0.2, 0) is 5.75 Å². The number of hydrogen-bond acceptors (Lipinski definition) is 6. The van der Waals surface area contributed by atoms with Gasteiger partial charge in [0, 0.05) is 46.0 Å². The molecule has 1 N–H and O–H groups in total. The van der Waals surface area contributed by atoms with E-state index >= 15 is 4.39 Å². The van der Waals surface area contributed by atoms with Gasteiger partial charge in [-0.25, -0.2) is 4.39 Å². The van der Waals surface area contributed by atoms with Gasteiger partial charge in [-0.3, -0.25) is 19.3 Å². The largest absolute Gasteiger partial charge is 0.502 e. The fraction of sp³-hybridized carbons (Fsp3) is 0.308. The Labute approximate surface area is 210 Å². The molecule has 6 nitrogen and oxygen atoms in total. The maximum Gasteiger partial charge on any atom is 0.277 e. The van der Waals surface area contributed by atoms with Crippen molar-refractivity contribution >= 4 is 29.4 Å². The molecule has 1 aromatic heterocycles. The molecule has 0 radical (unpaired) electrons. The lowest BCUT2D eigenvalue weighted by Gasteiger charge is -2.44. The predicted molar refractivity (Wildman–Crippen MR) is 136 cm³/mol. The molecule has 0 spiro atoms. The maximum absolute atomic E-state index is 15.0.